The van der Waals surface area contributed by atoms with Gasteiger partial charge >= 0.3 is 0 Å². The van der Waals surface area contributed by atoms with Crippen molar-refractivity contribution in [3.63, 3.8) is 0 Å². The highest BCUT2D eigenvalue weighted by atomic mass is 16.6. The van der Waals surface area contributed by atoms with E-state index in [1.165, 1.54) is 0 Å². The molecule has 0 unspecified atom stereocenters. The molecule has 0 aromatic heterocycles. The van der Waals surface area contributed by atoms with Crippen molar-refractivity contribution in [3.05, 3.63) is 89.5 Å². The lowest BCUT2D eigenvalue weighted by molar-refractivity contribution is 0.170. The number of para-hydroxylation sites is 1. The second-order valence-electron chi connectivity index (χ2n) is 7.22. The summed E-state index contributed by atoms with van der Waals surface area (Å²) in [6, 6.07) is 22.9. The lowest BCUT2D eigenvalue weighted by Crippen LogP contribution is -2.27. The van der Waals surface area contributed by atoms with Gasteiger partial charge in [0.25, 0.3) is 0 Å². The molecule has 2 aliphatic rings. The van der Waals surface area contributed by atoms with Gasteiger partial charge < -0.3 is 19.3 Å². The zero-order valence-electron chi connectivity index (χ0n) is 16.3. The molecule has 0 saturated heterocycles. The summed E-state index contributed by atoms with van der Waals surface area (Å²) >= 11 is 0. The average molecular weight is 402 g/mol. The first kappa shape index (κ1) is 18.5. The van der Waals surface area contributed by atoms with Crippen LogP contribution in [-0.4, -0.2) is 30.1 Å². The van der Waals surface area contributed by atoms with E-state index >= 15 is 0 Å². The Morgan fingerprint density at radius 3 is 2.57 bits per heavy atom. The topological polar surface area (TPSA) is 72.3 Å². The molecule has 5 rings (SSSR count). The van der Waals surface area contributed by atoms with E-state index < -0.39 is 6.10 Å². The number of nitrogens with zero attached hydrogens (tertiary/aromatic N) is 1. The van der Waals surface area contributed by atoms with E-state index in [0.717, 1.165) is 22.4 Å². The summed E-state index contributed by atoms with van der Waals surface area (Å²) in [5.74, 6) is 2.09. The first-order valence-corrected chi connectivity index (χ1v) is 9.96. The van der Waals surface area contributed by atoms with Crippen LogP contribution < -0.4 is 19.6 Å². The Bertz CT molecular complexity index is 1070. The van der Waals surface area contributed by atoms with Crippen molar-refractivity contribution in [2.24, 2.45) is 5.10 Å². The van der Waals surface area contributed by atoms with Gasteiger partial charge in [0.05, 0.1) is 0 Å². The molecule has 0 radical (unpaired) electrons. The standard InChI is InChI=1S/C24H22N2O4/c27-24-22(17-10-11-20-21(14-17)29-13-12-28-20)25-26-23(24)18-8-4-5-9-19(18)30-15-16-6-2-1-3-7-16/h1-11,14,22,24-25,27H,12-13,15H2/t22-,24+/m0/s1. The Balaban J connectivity index is 1.36. The van der Waals surface area contributed by atoms with Crippen LogP contribution in [-0.2, 0) is 6.61 Å². The number of aliphatic hydroxyl groups is 1. The second-order valence-corrected chi connectivity index (χ2v) is 7.22. The molecule has 2 heterocycles. The van der Waals surface area contributed by atoms with Crippen molar-refractivity contribution in [1.29, 1.82) is 0 Å². The predicted molar refractivity (Wildman–Crippen MR) is 113 cm³/mol. The number of rotatable bonds is 5. The quantitative estimate of drug-likeness (QED) is 0.684. The number of nitrogens with one attached hydrogen (secondary N) is 1. The van der Waals surface area contributed by atoms with Gasteiger partial charge in [0, 0.05) is 5.56 Å². The predicted octanol–water partition coefficient (Wildman–Crippen LogP) is 3.45. The molecule has 3 aromatic rings. The van der Waals surface area contributed by atoms with Gasteiger partial charge in [-0.15, -0.1) is 0 Å². The number of fused-ring (bicyclic) bond motifs is 1. The number of benzene rings is 3. The molecule has 3 aromatic carbocycles. The van der Waals surface area contributed by atoms with Crippen molar-refractivity contribution < 1.29 is 19.3 Å². The highest BCUT2D eigenvalue weighted by molar-refractivity contribution is 6.07. The summed E-state index contributed by atoms with van der Waals surface area (Å²) in [5.41, 5.74) is 6.35. The Hall–Kier alpha value is -3.51. The van der Waals surface area contributed by atoms with Gasteiger partial charge in [-0.1, -0.05) is 48.5 Å². The van der Waals surface area contributed by atoms with Gasteiger partial charge in [-0.2, -0.15) is 5.10 Å². The Morgan fingerprint density at radius 1 is 0.933 bits per heavy atom. The van der Waals surface area contributed by atoms with E-state index in [0.29, 0.717) is 37.0 Å². The third-order valence-corrected chi connectivity index (χ3v) is 5.25. The number of hydrogen-bond acceptors (Lipinski definition) is 6. The molecule has 0 bridgehead atoms. The van der Waals surface area contributed by atoms with E-state index in [4.69, 9.17) is 14.2 Å². The molecule has 30 heavy (non-hydrogen) atoms. The average Bonchev–Trinajstić information content (AvgIpc) is 3.19. The second kappa shape index (κ2) is 8.08. The minimum absolute atomic E-state index is 0.377. The molecule has 0 spiro atoms. The normalized spacial score (nSPS) is 19.7. The summed E-state index contributed by atoms with van der Waals surface area (Å²) in [5, 5.41) is 15.5. The number of hydrogen-bond donors (Lipinski definition) is 2. The van der Waals surface area contributed by atoms with Crippen molar-refractivity contribution >= 4 is 5.71 Å². The molecule has 0 fully saturated rings. The summed E-state index contributed by atoms with van der Waals surface area (Å²) in [6.45, 7) is 1.51. The van der Waals surface area contributed by atoms with Crippen molar-refractivity contribution in [2.75, 3.05) is 13.2 Å². The third kappa shape index (κ3) is 3.57. The van der Waals surface area contributed by atoms with E-state index in [2.05, 4.69) is 10.5 Å². The minimum atomic E-state index is -0.825. The van der Waals surface area contributed by atoms with E-state index in [1.54, 1.807) is 0 Å². The van der Waals surface area contributed by atoms with Gasteiger partial charge in [0.2, 0.25) is 0 Å². The summed E-state index contributed by atoms with van der Waals surface area (Å²) < 4.78 is 17.3. The molecule has 2 atom stereocenters. The summed E-state index contributed by atoms with van der Waals surface area (Å²) in [7, 11) is 0. The van der Waals surface area contributed by atoms with Gasteiger partial charge in [-0.25, -0.2) is 0 Å². The van der Waals surface area contributed by atoms with Gasteiger partial charge in [0.1, 0.15) is 43.4 Å². The number of hydrazone groups is 1. The van der Waals surface area contributed by atoms with Crippen molar-refractivity contribution in [1.82, 2.24) is 5.43 Å². The van der Waals surface area contributed by atoms with Crippen LogP contribution in [0.25, 0.3) is 0 Å². The minimum Gasteiger partial charge on any atom is -0.488 e. The van der Waals surface area contributed by atoms with Crippen molar-refractivity contribution in [2.45, 2.75) is 18.8 Å². The first-order valence-electron chi connectivity index (χ1n) is 9.96. The highest BCUT2D eigenvalue weighted by Gasteiger charge is 2.34. The molecule has 6 heteroatoms. The van der Waals surface area contributed by atoms with Crippen LogP contribution >= 0.6 is 0 Å². The maximum atomic E-state index is 11.0. The van der Waals surface area contributed by atoms with Crippen LogP contribution in [0, 0.1) is 0 Å². The Labute approximate surface area is 174 Å². The molecule has 6 nitrogen and oxygen atoms in total. The third-order valence-electron chi connectivity index (χ3n) is 5.25. The molecule has 152 valence electrons. The fourth-order valence-corrected chi connectivity index (χ4v) is 3.70. The fourth-order valence-electron chi connectivity index (χ4n) is 3.70. The van der Waals surface area contributed by atoms with E-state index in [1.807, 2.05) is 72.8 Å². The van der Waals surface area contributed by atoms with Crippen LogP contribution in [0.5, 0.6) is 17.2 Å². The molecule has 0 aliphatic carbocycles. The molecule has 2 N–H and O–H groups in total. The Kier molecular flexibility index (Phi) is 4.99. The van der Waals surface area contributed by atoms with Crippen LogP contribution in [0.15, 0.2) is 77.9 Å². The molecule has 2 aliphatic heterocycles. The molecular formula is C24H22N2O4. The first-order chi connectivity index (χ1) is 14.8. The molecule has 0 saturated carbocycles. The monoisotopic (exact) mass is 402 g/mol. The largest absolute Gasteiger partial charge is 0.488 e. The van der Waals surface area contributed by atoms with Crippen LogP contribution in [0.4, 0.5) is 0 Å². The van der Waals surface area contributed by atoms with Gasteiger partial charge in [0.15, 0.2) is 11.5 Å². The maximum Gasteiger partial charge on any atom is 0.161 e. The van der Waals surface area contributed by atoms with Crippen LogP contribution in [0.3, 0.4) is 0 Å². The van der Waals surface area contributed by atoms with E-state index in [9.17, 15) is 5.11 Å². The summed E-state index contributed by atoms with van der Waals surface area (Å²) in [4.78, 5) is 0. The number of ether oxygens (including phenoxy) is 3. The molecular weight excluding hydrogens is 380 g/mol. The fraction of sp³-hybridized carbons (Fsp3) is 0.208. The van der Waals surface area contributed by atoms with Gasteiger partial charge in [-0.05, 0) is 35.4 Å². The van der Waals surface area contributed by atoms with Crippen LogP contribution in [0.1, 0.15) is 22.7 Å². The SMILES string of the molecule is O[C@H]1C(c2ccccc2OCc2ccccc2)=NN[C@H]1c1ccc2c(c1)OCCO2. The highest BCUT2D eigenvalue weighted by Crippen LogP contribution is 2.35. The van der Waals surface area contributed by atoms with Crippen molar-refractivity contribution in [3.8, 4) is 17.2 Å². The van der Waals surface area contributed by atoms with Crippen LogP contribution in [0.2, 0.25) is 0 Å². The summed E-state index contributed by atoms with van der Waals surface area (Å²) in [6.07, 6.45) is -0.825. The van der Waals surface area contributed by atoms with E-state index in [-0.39, 0.29) is 6.04 Å². The zero-order chi connectivity index (χ0) is 20.3. The lowest BCUT2D eigenvalue weighted by atomic mass is 9.95. The maximum absolute atomic E-state index is 11.0. The smallest absolute Gasteiger partial charge is 0.161 e. The lowest BCUT2D eigenvalue weighted by Gasteiger charge is -2.22. The van der Waals surface area contributed by atoms with Gasteiger partial charge in [-0.3, -0.25) is 5.43 Å². The zero-order valence-corrected chi connectivity index (χ0v) is 16.3. The Morgan fingerprint density at radius 2 is 1.70 bits per heavy atom. The number of aliphatic hydroxyl groups excluding tert-OH is 1. The molecule has 0 amide bonds.